The van der Waals surface area contributed by atoms with E-state index in [1.54, 1.807) is 6.20 Å². The number of aliphatic hydroxyl groups is 1. The van der Waals surface area contributed by atoms with Crippen molar-refractivity contribution in [2.45, 2.75) is 18.6 Å². The second-order valence-electron chi connectivity index (χ2n) is 3.33. The highest BCUT2D eigenvalue weighted by Crippen LogP contribution is 2.09. The summed E-state index contributed by atoms with van der Waals surface area (Å²) in [5.41, 5.74) is 0.637. The first-order chi connectivity index (χ1) is 6.75. The summed E-state index contributed by atoms with van der Waals surface area (Å²) in [7, 11) is 0. The number of anilines is 1. The summed E-state index contributed by atoms with van der Waals surface area (Å²) in [6.45, 7) is 0.476. The van der Waals surface area contributed by atoms with E-state index in [2.05, 4.69) is 20.8 Å². The minimum absolute atomic E-state index is 0.136. The molecule has 2 unspecified atom stereocenters. The van der Waals surface area contributed by atoms with E-state index >= 15 is 0 Å². The second-order valence-corrected chi connectivity index (χ2v) is 3.33. The molecule has 6 heteroatoms. The summed E-state index contributed by atoms with van der Waals surface area (Å²) in [4.78, 5) is 11.5. The van der Waals surface area contributed by atoms with Crippen molar-refractivity contribution < 1.29 is 9.90 Å². The molecule has 0 saturated carbocycles. The van der Waals surface area contributed by atoms with Crippen molar-refractivity contribution in [1.29, 1.82) is 0 Å². The van der Waals surface area contributed by atoms with E-state index in [9.17, 15) is 9.90 Å². The van der Waals surface area contributed by atoms with Gasteiger partial charge in [-0.15, -0.1) is 0 Å². The zero-order valence-corrected chi connectivity index (χ0v) is 7.53. The number of amides is 1. The van der Waals surface area contributed by atoms with E-state index in [-0.39, 0.29) is 11.9 Å². The molecular weight excluding hydrogens is 184 g/mol. The van der Waals surface area contributed by atoms with Crippen LogP contribution in [0.1, 0.15) is 6.42 Å². The normalized spacial score (nSPS) is 26.4. The Hall–Kier alpha value is -1.40. The van der Waals surface area contributed by atoms with Crippen LogP contribution in [0.4, 0.5) is 5.69 Å². The van der Waals surface area contributed by atoms with Crippen LogP contribution in [-0.2, 0) is 4.79 Å². The van der Waals surface area contributed by atoms with Crippen LogP contribution < -0.4 is 10.6 Å². The molecule has 1 aromatic rings. The number of carbonyl (C=O) groups is 1. The lowest BCUT2D eigenvalue weighted by molar-refractivity contribution is -0.117. The number of aromatic amines is 1. The van der Waals surface area contributed by atoms with Crippen molar-refractivity contribution in [1.82, 2.24) is 15.5 Å². The van der Waals surface area contributed by atoms with Gasteiger partial charge in [-0.05, 0) is 6.42 Å². The number of β-amino-alcohol motifs (C(OH)–C–C–N with tert-alkyl or cyclic N) is 1. The number of aliphatic hydroxyl groups excluding tert-OH is 1. The summed E-state index contributed by atoms with van der Waals surface area (Å²) in [5, 5.41) is 21.1. The van der Waals surface area contributed by atoms with E-state index in [0.29, 0.717) is 18.7 Å². The molecule has 2 atom stereocenters. The van der Waals surface area contributed by atoms with Gasteiger partial charge in [0.25, 0.3) is 0 Å². The van der Waals surface area contributed by atoms with E-state index in [1.165, 1.54) is 6.20 Å². The highest BCUT2D eigenvalue weighted by Gasteiger charge is 2.27. The van der Waals surface area contributed by atoms with E-state index in [4.69, 9.17) is 0 Å². The first kappa shape index (κ1) is 9.17. The Morgan fingerprint density at radius 1 is 1.71 bits per heavy atom. The first-order valence-electron chi connectivity index (χ1n) is 4.47. The minimum Gasteiger partial charge on any atom is -0.392 e. The van der Waals surface area contributed by atoms with Gasteiger partial charge in [0.05, 0.1) is 24.0 Å². The number of rotatable bonds is 2. The number of nitrogens with zero attached hydrogens (tertiary/aromatic N) is 1. The van der Waals surface area contributed by atoms with Crippen molar-refractivity contribution in [3.05, 3.63) is 12.4 Å². The summed E-state index contributed by atoms with van der Waals surface area (Å²) in [5.74, 6) is -0.136. The second kappa shape index (κ2) is 3.77. The van der Waals surface area contributed by atoms with E-state index < -0.39 is 6.10 Å². The zero-order chi connectivity index (χ0) is 9.97. The van der Waals surface area contributed by atoms with Crippen molar-refractivity contribution >= 4 is 11.6 Å². The molecule has 0 radical (unpaired) electrons. The molecule has 1 aliphatic rings. The molecular formula is C8H12N4O2. The Bertz CT molecular complexity index is 311. The number of nitrogens with one attached hydrogen (secondary N) is 3. The number of aromatic nitrogens is 2. The fourth-order valence-corrected chi connectivity index (χ4v) is 1.47. The van der Waals surface area contributed by atoms with E-state index in [0.717, 1.165) is 0 Å². The molecule has 2 rings (SSSR count). The molecule has 1 aliphatic heterocycles. The van der Waals surface area contributed by atoms with E-state index in [1.807, 2.05) is 0 Å². The maximum Gasteiger partial charge on any atom is 0.241 e. The van der Waals surface area contributed by atoms with Gasteiger partial charge in [0.2, 0.25) is 5.91 Å². The summed E-state index contributed by atoms with van der Waals surface area (Å²) < 4.78 is 0. The number of carbonyl (C=O) groups excluding carboxylic acids is 1. The lowest BCUT2D eigenvalue weighted by atomic mass is 10.2. The predicted molar refractivity (Wildman–Crippen MR) is 49.6 cm³/mol. The maximum absolute atomic E-state index is 11.5. The van der Waals surface area contributed by atoms with Crippen LogP contribution in [0.3, 0.4) is 0 Å². The first-order valence-corrected chi connectivity index (χ1v) is 4.47. The lowest BCUT2D eigenvalue weighted by Crippen LogP contribution is -2.35. The van der Waals surface area contributed by atoms with Crippen molar-refractivity contribution in [3.8, 4) is 0 Å². The average Bonchev–Trinajstić information content (AvgIpc) is 2.75. The van der Waals surface area contributed by atoms with Crippen LogP contribution >= 0.6 is 0 Å². The number of hydrogen-bond donors (Lipinski definition) is 4. The fourth-order valence-electron chi connectivity index (χ4n) is 1.47. The molecule has 0 aromatic carbocycles. The third kappa shape index (κ3) is 1.91. The molecule has 1 aromatic heterocycles. The van der Waals surface area contributed by atoms with Gasteiger partial charge >= 0.3 is 0 Å². The fraction of sp³-hybridized carbons (Fsp3) is 0.500. The molecule has 1 amide bonds. The highest BCUT2D eigenvalue weighted by molar-refractivity contribution is 5.94. The van der Waals surface area contributed by atoms with Gasteiger partial charge in [0.15, 0.2) is 0 Å². The molecule has 1 fully saturated rings. The third-order valence-electron chi connectivity index (χ3n) is 2.19. The van der Waals surface area contributed by atoms with Gasteiger partial charge in [-0.25, -0.2) is 0 Å². The molecule has 14 heavy (non-hydrogen) atoms. The maximum atomic E-state index is 11.5. The summed E-state index contributed by atoms with van der Waals surface area (Å²) in [6, 6.07) is -0.306. The number of H-pyrrole nitrogens is 1. The molecule has 1 saturated heterocycles. The Morgan fingerprint density at radius 3 is 3.14 bits per heavy atom. The van der Waals surface area contributed by atoms with Gasteiger partial charge in [0.1, 0.15) is 0 Å². The minimum atomic E-state index is -0.421. The topological polar surface area (TPSA) is 90.0 Å². The standard InChI is InChI=1S/C8H12N4O2/c13-6-1-7(9-4-6)8(14)12-5-2-10-11-3-5/h2-3,6-7,9,13H,1,4H2,(H,10,11)(H,12,14). The van der Waals surface area contributed by atoms with Gasteiger partial charge in [-0.2, -0.15) is 5.10 Å². The molecule has 0 bridgehead atoms. The summed E-state index contributed by atoms with van der Waals surface area (Å²) in [6.07, 6.45) is 3.17. The predicted octanol–water partition coefficient (Wildman–Crippen LogP) is -0.929. The molecule has 6 nitrogen and oxygen atoms in total. The molecule has 0 spiro atoms. The highest BCUT2D eigenvalue weighted by atomic mass is 16.3. The van der Waals surface area contributed by atoms with Gasteiger partial charge in [-0.1, -0.05) is 0 Å². The van der Waals surface area contributed by atoms with Crippen molar-refractivity contribution in [3.63, 3.8) is 0 Å². The van der Waals surface area contributed by atoms with Crippen LogP contribution in [0, 0.1) is 0 Å². The van der Waals surface area contributed by atoms with Gasteiger partial charge in [0, 0.05) is 12.7 Å². The molecule has 0 aliphatic carbocycles. The van der Waals surface area contributed by atoms with Crippen molar-refractivity contribution in [2.24, 2.45) is 0 Å². The van der Waals surface area contributed by atoms with Crippen LogP contribution in [-0.4, -0.2) is 39.9 Å². The Balaban J connectivity index is 1.90. The SMILES string of the molecule is O=C(Nc1cn[nH]c1)C1CC(O)CN1. The summed E-state index contributed by atoms with van der Waals surface area (Å²) >= 11 is 0. The quantitative estimate of drug-likeness (QED) is 0.492. The Labute approximate surface area is 80.7 Å². The smallest absolute Gasteiger partial charge is 0.241 e. The monoisotopic (exact) mass is 196 g/mol. The van der Waals surface area contributed by atoms with Gasteiger partial charge in [-0.3, -0.25) is 9.89 Å². The lowest BCUT2D eigenvalue weighted by Gasteiger charge is -2.08. The molecule has 2 heterocycles. The largest absolute Gasteiger partial charge is 0.392 e. The van der Waals surface area contributed by atoms with Crippen LogP contribution in [0.5, 0.6) is 0 Å². The Kier molecular flexibility index (Phi) is 2.47. The van der Waals surface area contributed by atoms with Gasteiger partial charge < -0.3 is 15.7 Å². The number of hydrogen-bond acceptors (Lipinski definition) is 4. The van der Waals surface area contributed by atoms with Crippen LogP contribution in [0.2, 0.25) is 0 Å². The van der Waals surface area contributed by atoms with Crippen LogP contribution in [0.25, 0.3) is 0 Å². The average molecular weight is 196 g/mol. The molecule has 76 valence electrons. The van der Waals surface area contributed by atoms with Crippen LogP contribution in [0.15, 0.2) is 12.4 Å². The third-order valence-corrected chi connectivity index (χ3v) is 2.19. The zero-order valence-electron chi connectivity index (χ0n) is 7.53. The Morgan fingerprint density at radius 2 is 2.57 bits per heavy atom. The van der Waals surface area contributed by atoms with Crippen molar-refractivity contribution in [2.75, 3.05) is 11.9 Å². The molecule has 4 N–H and O–H groups in total.